The maximum absolute atomic E-state index is 14.3. The van der Waals surface area contributed by atoms with E-state index < -0.39 is 23.5 Å². The van der Waals surface area contributed by atoms with E-state index in [0.717, 1.165) is 0 Å². The lowest BCUT2D eigenvalue weighted by Gasteiger charge is -2.50. The Morgan fingerprint density at radius 1 is 1.03 bits per heavy atom. The first kappa shape index (κ1) is 20.3. The molecular weight excluding hydrogens is 394 g/mol. The summed E-state index contributed by atoms with van der Waals surface area (Å²) in [7, 11) is 0. The van der Waals surface area contributed by atoms with Crippen LogP contribution < -0.4 is 0 Å². The summed E-state index contributed by atoms with van der Waals surface area (Å²) in [5, 5.41) is 19.1. The quantitative estimate of drug-likeness (QED) is 0.796. The molecule has 0 bridgehead atoms. The van der Waals surface area contributed by atoms with E-state index in [1.807, 2.05) is 0 Å². The fourth-order valence-electron chi connectivity index (χ4n) is 4.19. The number of aliphatic hydroxyl groups excluding tert-OH is 1. The molecule has 2 aliphatic heterocycles. The van der Waals surface area contributed by atoms with Gasteiger partial charge in [-0.05, 0) is 42.3 Å². The minimum Gasteiger partial charge on any atom is -0.508 e. The van der Waals surface area contributed by atoms with Crippen molar-refractivity contribution in [2.75, 3.05) is 26.2 Å². The minimum absolute atomic E-state index is 0.0348. The van der Waals surface area contributed by atoms with E-state index in [-0.39, 0.29) is 50.2 Å². The highest BCUT2D eigenvalue weighted by Crippen LogP contribution is 2.39. The van der Waals surface area contributed by atoms with Gasteiger partial charge in [0.15, 0.2) is 0 Å². The van der Waals surface area contributed by atoms with Crippen LogP contribution in [0.5, 0.6) is 5.75 Å². The first-order valence-electron chi connectivity index (χ1n) is 9.72. The van der Waals surface area contributed by atoms with Gasteiger partial charge in [0.25, 0.3) is 5.91 Å². The van der Waals surface area contributed by atoms with Crippen LogP contribution in [0.15, 0.2) is 48.5 Å². The molecule has 2 aromatic rings. The zero-order valence-electron chi connectivity index (χ0n) is 16.2. The molecule has 8 heteroatoms. The van der Waals surface area contributed by atoms with Crippen molar-refractivity contribution in [3.63, 3.8) is 0 Å². The summed E-state index contributed by atoms with van der Waals surface area (Å²) >= 11 is 0. The second-order valence-electron chi connectivity index (χ2n) is 8.05. The molecule has 30 heavy (non-hydrogen) atoms. The third-order valence-electron chi connectivity index (χ3n) is 5.84. The lowest BCUT2D eigenvalue weighted by Crippen LogP contribution is -2.66. The number of aromatic hydroxyl groups is 1. The Morgan fingerprint density at radius 3 is 2.30 bits per heavy atom. The van der Waals surface area contributed by atoms with E-state index in [9.17, 15) is 28.6 Å². The summed E-state index contributed by atoms with van der Waals surface area (Å²) in [6.07, 6.45) is -2.69. The highest BCUT2D eigenvalue weighted by Gasteiger charge is 2.54. The summed E-state index contributed by atoms with van der Waals surface area (Å²) in [6.45, 7) is -0.220. The molecule has 2 saturated heterocycles. The number of carbonyl (C=O) groups excluding carboxylic acids is 2. The SMILES string of the molecule is O=C(c1ccc(O)cc1)N1CC(Cc2ccccc2F)(C(=O)N2C[C@@H](O)[C@H](F)C2)C1. The van der Waals surface area contributed by atoms with Crippen LogP contribution in [-0.2, 0) is 11.2 Å². The number of phenolic OH excluding ortho intramolecular Hbond substituents is 1. The topological polar surface area (TPSA) is 81.1 Å². The van der Waals surface area contributed by atoms with Gasteiger partial charge >= 0.3 is 0 Å². The Hall–Kier alpha value is -3.00. The molecule has 6 nitrogen and oxygen atoms in total. The number of carbonyl (C=O) groups is 2. The molecule has 0 unspecified atom stereocenters. The van der Waals surface area contributed by atoms with Gasteiger partial charge in [-0.2, -0.15) is 0 Å². The zero-order valence-corrected chi connectivity index (χ0v) is 16.2. The van der Waals surface area contributed by atoms with Gasteiger partial charge in [-0.3, -0.25) is 9.59 Å². The Bertz CT molecular complexity index is 950. The van der Waals surface area contributed by atoms with E-state index in [1.165, 1.54) is 40.1 Å². The van der Waals surface area contributed by atoms with Gasteiger partial charge in [0.2, 0.25) is 5.91 Å². The van der Waals surface area contributed by atoms with Crippen LogP contribution in [0.25, 0.3) is 0 Å². The number of rotatable bonds is 4. The van der Waals surface area contributed by atoms with Gasteiger partial charge in [-0.25, -0.2) is 8.78 Å². The fraction of sp³-hybridized carbons (Fsp3) is 0.364. The normalized spacial score (nSPS) is 22.6. The van der Waals surface area contributed by atoms with Crippen molar-refractivity contribution in [2.24, 2.45) is 5.41 Å². The summed E-state index contributed by atoms with van der Waals surface area (Å²) in [6, 6.07) is 11.9. The third kappa shape index (κ3) is 3.63. The van der Waals surface area contributed by atoms with E-state index >= 15 is 0 Å². The molecule has 0 aliphatic carbocycles. The van der Waals surface area contributed by atoms with Gasteiger partial charge < -0.3 is 20.0 Å². The molecule has 2 fully saturated rings. The summed E-state index contributed by atoms with van der Waals surface area (Å²) < 4.78 is 28.1. The monoisotopic (exact) mass is 416 g/mol. The average Bonchev–Trinajstić information content (AvgIpc) is 3.04. The Kier molecular flexibility index (Phi) is 5.19. The van der Waals surface area contributed by atoms with Crippen molar-refractivity contribution in [3.05, 3.63) is 65.5 Å². The number of benzene rings is 2. The van der Waals surface area contributed by atoms with Crippen LogP contribution >= 0.6 is 0 Å². The number of phenols is 1. The summed E-state index contributed by atoms with van der Waals surface area (Å²) in [5.41, 5.74) is -0.377. The molecule has 2 aromatic carbocycles. The molecule has 158 valence electrons. The smallest absolute Gasteiger partial charge is 0.253 e. The number of nitrogens with zero attached hydrogens (tertiary/aromatic N) is 2. The van der Waals surface area contributed by atoms with Crippen LogP contribution in [0.2, 0.25) is 0 Å². The first-order valence-corrected chi connectivity index (χ1v) is 9.72. The van der Waals surface area contributed by atoms with Crippen LogP contribution in [-0.4, -0.2) is 70.3 Å². The largest absolute Gasteiger partial charge is 0.508 e. The molecule has 2 N–H and O–H groups in total. The summed E-state index contributed by atoms with van der Waals surface area (Å²) in [4.78, 5) is 28.7. The van der Waals surface area contributed by atoms with Gasteiger partial charge in [-0.15, -0.1) is 0 Å². The van der Waals surface area contributed by atoms with E-state index in [1.54, 1.807) is 18.2 Å². The highest BCUT2D eigenvalue weighted by atomic mass is 19.1. The number of alkyl halides is 1. The Balaban J connectivity index is 1.56. The molecule has 2 atom stereocenters. The lowest BCUT2D eigenvalue weighted by atomic mass is 9.73. The van der Waals surface area contributed by atoms with E-state index in [2.05, 4.69) is 0 Å². The molecule has 4 rings (SSSR count). The van der Waals surface area contributed by atoms with Crippen LogP contribution in [0.4, 0.5) is 8.78 Å². The Morgan fingerprint density at radius 2 is 1.70 bits per heavy atom. The van der Waals surface area contributed by atoms with E-state index in [0.29, 0.717) is 11.1 Å². The predicted octanol–water partition coefficient (Wildman–Crippen LogP) is 1.76. The third-order valence-corrected chi connectivity index (χ3v) is 5.84. The second-order valence-corrected chi connectivity index (χ2v) is 8.05. The van der Waals surface area contributed by atoms with Crippen molar-refractivity contribution in [2.45, 2.75) is 18.7 Å². The van der Waals surface area contributed by atoms with Crippen molar-refractivity contribution >= 4 is 11.8 Å². The van der Waals surface area contributed by atoms with E-state index in [4.69, 9.17) is 0 Å². The summed E-state index contributed by atoms with van der Waals surface area (Å²) in [5.74, 6) is -1.11. The molecule has 2 amide bonds. The zero-order chi connectivity index (χ0) is 21.5. The number of amides is 2. The molecule has 0 aromatic heterocycles. The minimum atomic E-state index is -1.52. The van der Waals surface area contributed by atoms with Crippen LogP contribution in [0.3, 0.4) is 0 Å². The van der Waals surface area contributed by atoms with Crippen molar-refractivity contribution in [3.8, 4) is 5.75 Å². The fourth-order valence-corrected chi connectivity index (χ4v) is 4.19. The maximum atomic E-state index is 14.3. The number of hydrogen-bond donors (Lipinski definition) is 2. The highest BCUT2D eigenvalue weighted by molar-refractivity contribution is 5.97. The number of aliphatic hydroxyl groups is 1. The van der Waals surface area contributed by atoms with Gasteiger partial charge in [0, 0.05) is 25.2 Å². The van der Waals surface area contributed by atoms with Crippen LogP contribution in [0, 0.1) is 11.2 Å². The lowest BCUT2D eigenvalue weighted by molar-refractivity contribution is -0.150. The molecule has 0 saturated carbocycles. The van der Waals surface area contributed by atoms with Gasteiger partial charge in [0.05, 0.1) is 12.0 Å². The van der Waals surface area contributed by atoms with Crippen molar-refractivity contribution in [1.29, 1.82) is 0 Å². The van der Waals surface area contributed by atoms with Crippen LogP contribution in [0.1, 0.15) is 15.9 Å². The number of β-amino-alcohol motifs (C(OH)–C–C–N with tert-alkyl or cyclic N) is 1. The second kappa shape index (κ2) is 7.68. The average molecular weight is 416 g/mol. The Labute approximate surface area is 172 Å². The van der Waals surface area contributed by atoms with Crippen molar-refractivity contribution < 1.29 is 28.6 Å². The molecule has 2 heterocycles. The number of halogens is 2. The van der Waals surface area contributed by atoms with Gasteiger partial charge in [0.1, 0.15) is 23.8 Å². The standard InChI is InChI=1S/C22H22F2N2O4/c23-17-4-2-1-3-15(17)9-22(21(30)25-10-18(24)19(28)11-25)12-26(13-22)20(29)14-5-7-16(27)8-6-14/h1-8,18-19,27-28H,9-13H2/t18-,19-/m1/s1. The molecular formula is C22H22F2N2O4. The molecule has 0 spiro atoms. The molecule has 2 aliphatic rings. The maximum Gasteiger partial charge on any atom is 0.253 e. The number of likely N-dealkylation sites (tertiary alicyclic amines) is 2. The molecule has 0 radical (unpaired) electrons. The van der Waals surface area contributed by atoms with Gasteiger partial charge in [-0.1, -0.05) is 18.2 Å². The number of hydrogen-bond acceptors (Lipinski definition) is 4. The first-order chi connectivity index (χ1) is 14.3. The predicted molar refractivity (Wildman–Crippen MR) is 104 cm³/mol. The van der Waals surface area contributed by atoms with Crippen molar-refractivity contribution in [1.82, 2.24) is 9.80 Å².